The number of esters is 1. The quantitative estimate of drug-likeness (QED) is 0.765. The highest BCUT2D eigenvalue weighted by atomic mass is 16.5. The van der Waals surface area contributed by atoms with Gasteiger partial charge in [-0.3, -0.25) is 4.79 Å². The van der Waals surface area contributed by atoms with E-state index in [0.29, 0.717) is 24.7 Å². The minimum absolute atomic E-state index is 0.144. The van der Waals surface area contributed by atoms with Gasteiger partial charge in [-0.2, -0.15) is 0 Å². The van der Waals surface area contributed by atoms with E-state index in [4.69, 9.17) is 19.9 Å². The van der Waals surface area contributed by atoms with Crippen LogP contribution in [0.3, 0.4) is 0 Å². The first-order valence-electron chi connectivity index (χ1n) is 6.34. The van der Waals surface area contributed by atoms with Crippen LogP contribution in [0.5, 0.6) is 11.5 Å². The average molecular weight is 267 g/mol. The van der Waals surface area contributed by atoms with E-state index in [9.17, 15) is 4.79 Å². The average Bonchev–Trinajstić information content (AvgIpc) is 2.39. The van der Waals surface area contributed by atoms with Gasteiger partial charge in [0.15, 0.2) is 11.5 Å². The van der Waals surface area contributed by atoms with Crippen molar-refractivity contribution in [2.24, 2.45) is 5.73 Å². The lowest BCUT2D eigenvalue weighted by molar-refractivity contribution is -0.143. The first kappa shape index (κ1) is 15.3. The first-order chi connectivity index (χ1) is 9.12. The standard InChI is InChI=1S/C14H21NO4/c1-4-18-12-7-6-10(8-13(12)17-3)11(15)9-14(16)19-5-2/h6-8,11H,4-5,9,15H2,1-3H3. The van der Waals surface area contributed by atoms with Gasteiger partial charge < -0.3 is 19.9 Å². The molecule has 0 fully saturated rings. The first-order valence-corrected chi connectivity index (χ1v) is 6.34. The Bertz CT molecular complexity index is 420. The summed E-state index contributed by atoms with van der Waals surface area (Å²) in [5.41, 5.74) is 6.79. The Kier molecular flexibility index (Phi) is 6.15. The molecule has 0 aliphatic heterocycles. The fraction of sp³-hybridized carbons (Fsp3) is 0.500. The topological polar surface area (TPSA) is 70.8 Å². The molecule has 0 aliphatic carbocycles. The predicted molar refractivity (Wildman–Crippen MR) is 72.3 cm³/mol. The molecule has 0 amide bonds. The molecular formula is C14H21NO4. The van der Waals surface area contributed by atoms with Crippen molar-refractivity contribution in [1.29, 1.82) is 0 Å². The Labute approximate surface area is 113 Å². The van der Waals surface area contributed by atoms with Crippen molar-refractivity contribution in [2.75, 3.05) is 20.3 Å². The van der Waals surface area contributed by atoms with Crippen LogP contribution in [0.2, 0.25) is 0 Å². The van der Waals surface area contributed by atoms with Gasteiger partial charge in [0, 0.05) is 6.04 Å². The molecule has 106 valence electrons. The summed E-state index contributed by atoms with van der Waals surface area (Å²) in [6.07, 6.45) is 0.144. The number of hydrogen-bond donors (Lipinski definition) is 1. The van der Waals surface area contributed by atoms with E-state index in [1.54, 1.807) is 26.2 Å². The van der Waals surface area contributed by atoms with Crippen LogP contribution in [-0.2, 0) is 9.53 Å². The maximum absolute atomic E-state index is 11.4. The molecule has 0 bridgehead atoms. The normalized spacial score (nSPS) is 11.8. The fourth-order valence-electron chi connectivity index (χ4n) is 1.71. The minimum atomic E-state index is -0.413. The summed E-state index contributed by atoms with van der Waals surface area (Å²) in [5, 5.41) is 0. The molecule has 1 aromatic carbocycles. The van der Waals surface area contributed by atoms with Gasteiger partial charge in [-0.05, 0) is 31.5 Å². The highest BCUT2D eigenvalue weighted by Crippen LogP contribution is 2.30. The van der Waals surface area contributed by atoms with Crippen LogP contribution in [-0.4, -0.2) is 26.3 Å². The molecule has 0 saturated carbocycles. The zero-order valence-electron chi connectivity index (χ0n) is 11.6. The number of hydrogen-bond acceptors (Lipinski definition) is 5. The molecule has 0 aromatic heterocycles. The summed E-state index contributed by atoms with van der Waals surface area (Å²) in [5.74, 6) is 0.971. The van der Waals surface area contributed by atoms with Crippen LogP contribution in [0.1, 0.15) is 31.9 Å². The summed E-state index contributed by atoms with van der Waals surface area (Å²) in [6.45, 7) is 4.59. The fourth-order valence-corrected chi connectivity index (χ4v) is 1.71. The lowest BCUT2D eigenvalue weighted by atomic mass is 10.0. The third-order valence-electron chi connectivity index (χ3n) is 2.61. The summed E-state index contributed by atoms with van der Waals surface area (Å²) >= 11 is 0. The highest BCUT2D eigenvalue weighted by Gasteiger charge is 2.15. The van der Waals surface area contributed by atoms with Crippen LogP contribution in [0, 0.1) is 0 Å². The monoisotopic (exact) mass is 267 g/mol. The van der Waals surface area contributed by atoms with E-state index in [2.05, 4.69) is 0 Å². The maximum atomic E-state index is 11.4. The molecule has 1 atom stereocenters. The summed E-state index contributed by atoms with van der Waals surface area (Å²) in [4.78, 5) is 11.4. The van der Waals surface area contributed by atoms with Gasteiger partial charge in [-0.25, -0.2) is 0 Å². The third-order valence-corrected chi connectivity index (χ3v) is 2.61. The predicted octanol–water partition coefficient (Wildman–Crippen LogP) is 2.05. The zero-order valence-corrected chi connectivity index (χ0v) is 11.6. The van der Waals surface area contributed by atoms with Gasteiger partial charge in [-0.15, -0.1) is 0 Å². The van der Waals surface area contributed by atoms with E-state index < -0.39 is 6.04 Å². The van der Waals surface area contributed by atoms with Crippen LogP contribution < -0.4 is 15.2 Å². The number of rotatable bonds is 7. The van der Waals surface area contributed by atoms with Gasteiger partial charge in [-0.1, -0.05) is 6.07 Å². The molecule has 5 heteroatoms. The molecule has 0 radical (unpaired) electrons. The minimum Gasteiger partial charge on any atom is -0.493 e. The van der Waals surface area contributed by atoms with Crippen molar-refractivity contribution in [3.8, 4) is 11.5 Å². The van der Waals surface area contributed by atoms with Crippen LogP contribution >= 0.6 is 0 Å². The van der Waals surface area contributed by atoms with E-state index in [0.717, 1.165) is 5.56 Å². The summed E-state index contributed by atoms with van der Waals surface area (Å²) in [6, 6.07) is 5.00. The molecule has 1 unspecified atom stereocenters. The lowest BCUT2D eigenvalue weighted by Gasteiger charge is -2.15. The molecule has 0 heterocycles. The van der Waals surface area contributed by atoms with Crippen LogP contribution in [0.25, 0.3) is 0 Å². The largest absolute Gasteiger partial charge is 0.493 e. The van der Waals surface area contributed by atoms with Crippen molar-refractivity contribution >= 4 is 5.97 Å². The van der Waals surface area contributed by atoms with Crippen molar-refractivity contribution < 1.29 is 19.0 Å². The SMILES string of the molecule is CCOC(=O)CC(N)c1ccc(OCC)c(OC)c1. The Morgan fingerprint density at radius 3 is 2.58 bits per heavy atom. The molecule has 1 rings (SSSR count). The summed E-state index contributed by atoms with van der Waals surface area (Å²) in [7, 11) is 1.57. The van der Waals surface area contributed by atoms with Crippen LogP contribution in [0.15, 0.2) is 18.2 Å². The second-order valence-electron chi connectivity index (χ2n) is 3.96. The van der Waals surface area contributed by atoms with E-state index in [-0.39, 0.29) is 12.4 Å². The second-order valence-corrected chi connectivity index (χ2v) is 3.96. The number of ether oxygens (including phenoxy) is 3. The number of carbonyl (C=O) groups excluding carboxylic acids is 1. The molecule has 0 saturated heterocycles. The maximum Gasteiger partial charge on any atom is 0.307 e. The molecule has 1 aromatic rings. The van der Waals surface area contributed by atoms with Gasteiger partial charge in [0.25, 0.3) is 0 Å². The third kappa shape index (κ3) is 4.44. The van der Waals surface area contributed by atoms with E-state index in [1.807, 2.05) is 13.0 Å². The Hall–Kier alpha value is -1.75. The molecule has 0 aliphatic rings. The van der Waals surface area contributed by atoms with Gasteiger partial charge >= 0.3 is 5.97 Å². The number of nitrogens with two attached hydrogens (primary N) is 1. The van der Waals surface area contributed by atoms with E-state index >= 15 is 0 Å². The van der Waals surface area contributed by atoms with Crippen molar-refractivity contribution in [2.45, 2.75) is 26.3 Å². The van der Waals surface area contributed by atoms with Gasteiger partial charge in [0.2, 0.25) is 0 Å². The highest BCUT2D eigenvalue weighted by molar-refractivity contribution is 5.70. The lowest BCUT2D eigenvalue weighted by Crippen LogP contribution is -2.17. The second kappa shape index (κ2) is 7.63. The van der Waals surface area contributed by atoms with E-state index in [1.165, 1.54) is 0 Å². The molecular weight excluding hydrogens is 246 g/mol. The Morgan fingerprint density at radius 1 is 1.26 bits per heavy atom. The Balaban J connectivity index is 2.80. The van der Waals surface area contributed by atoms with Gasteiger partial charge in [0.05, 0.1) is 26.7 Å². The van der Waals surface area contributed by atoms with Crippen LogP contribution in [0.4, 0.5) is 0 Å². The number of carbonyl (C=O) groups is 1. The molecule has 0 spiro atoms. The molecule has 2 N–H and O–H groups in total. The number of methoxy groups -OCH3 is 1. The smallest absolute Gasteiger partial charge is 0.307 e. The summed E-state index contributed by atoms with van der Waals surface area (Å²) < 4.78 is 15.5. The Morgan fingerprint density at radius 2 is 2.00 bits per heavy atom. The van der Waals surface area contributed by atoms with Crippen molar-refractivity contribution in [1.82, 2.24) is 0 Å². The van der Waals surface area contributed by atoms with Crippen molar-refractivity contribution in [3.63, 3.8) is 0 Å². The number of benzene rings is 1. The zero-order chi connectivity index (χ0) is 14.3. The van der Waals surface area contributed by atoms with Gasteiger partial charge in [0.1, 0.15) is 0 Å². The van der Waals surface area contributed by atoms with Crippen molar-refractivity contribution in [3.05, 3.63) is 23.8 Å². The molecule has 5 nitrogen and oxygen atoms in total. The molecule has 19 heavy (non-hydrogen) atoms.